The van der Waals surface area contributed by atoms with Gasteiger partial charge >= 0.3 is 4.87 Å². The zero-order chi connectivity index (χ0) is 15.2. The lowest BCUT2D eigenvalue weighted by Crippen LogP contribution is -2.20. The SMILES string of the molecule is COCc1cccc(NC(=O)CCn2c(C)csc2=O)c1. The van der Waals surface area contributed by atoms with Crippen LogP contribution in [0.25, 0.3) is 0 Å². The van der Waals surface area contributed by atoms with Crippen molar-refractivity contribution >= 4 is 22.9 Å². The van der Waals surface area contributed by atoms with Crippen LogP contribution in [0.2, 0.25) is 0 Å². The number of aromatic nitrogens is 1. The molecule has 0 bridgehead atoms. The summed E-state index contributed by atoms with van der Waals surface area (Å²) in [6, 6.07) is 7.52. The highest BCUT2D eigenvalue weighted by Crippen LogP contribution is 2.12. The Labute approximate surface area is 127 Å². The highest BCUT2D eigenvalue weighted by Gasteiger charge is 2.07. The van der Waals surface area contributed by atoms with E-state index < -0.39 is 0 Å². The molecule has 0 saturated carbocycles. The first-order valence-electron chi connectivity index (χ1n) is 6.63. The maximum atomic E-state index is 11.9. The van der Waals surface area contributed by atoms with Crippen LogP contribution in [0.15, 0.2) is 34.4 Å². The molecule has 0 radical (unpaired) electrons. The monoisotopic (exact) mass is 306 g/mol. The zero-order valence-electron chi connectivity index (χ0n) is 12.1. The standard InChI is InChI=1S/C15H18N2O3S/c1-11-10-21-15(19)17(11)7-6-14(18)16-13-5-3-4-12(8-13)9-20-2/h3-5,8,10H,6-7,9H2,1-2H3,(H,16,18). The van der Waals surface area contributed by atoms with Gasteiger partial charge in [-0.05, 0) is 24.6 Å². The van der Waals surface area contributed by atoms with Crippen LogP contribution < -0.4 is 10.2 Å². The number of nitrogens with zero attached hydrogens (tertiary/aromatic N) is 1. The number of hydrogen-bond donors (Lipinski definition) is 1. The lowest BCUT2D eigenvalue weighted by Gasteiger charge is -2.08. The van der Waals surface area contributed by atoms with Crippen molar-refractivity contribution < 1.29 is 9.53 Å². The molecule has 0 unspecified atom stereocenters. The average Bonchev–Trinajstić information content (AvgIpc) is 2.77. The molecular formula is C15H18N2O3S. The molecule has 0 saturated heterocycles. The number of methoxy groups -OCH3 is 1. The van der Waals surface area contributed by atoms with Gasteiger partial charge in [0.15, 0.2) is 0 Å². The van der Waals surface area contributed by atoms with Crippen LogP contribution in [0, 0.1) is 6.92 Å². The van der Waals surface area contributed by atoms with Crippen molar-refractivity contribution in [3.63, 3.8) is 0 Å². The fraction of sp³-hybridized carbons (Fsp3) is 0.333. The third-order valence-electron chi connectivity index (χ3n) is 3.06. The maximum Gasteiger partial charge on any atom is 0.307 e. The number of benzene rings is 1. The van der Waals surface area contributed by atoms with E-state index in [1.54, 1.807) is 17.1 Å². The van der Waals surface area contributed by atoms with Crippen LogP contribution in [0.4, 0.5) is 5.69 Å². The van der Waals surface area contributed by atoms with E-state index in [4.69, 9.17) is 4.74 Å². The summed E-state index contributed by atoms with van der Waals surface area (Å²) in [6.07, 6.45) is 0.270. The molecule has 5 nitrogen and oxygen atoms in total. The third kappa shape index (κ3) is 4.27. The molecule has 0 aliphatic heterocycles. The molecule has 0 aliphatic carbocycles. The van der Waals surface area contributed by atoms with Gasteiger partial charge < -0.3 is 14.6 Å². The molecular weight excluding hydrogens is 288 g/mol. The van der Waals surface area contributed by atoms with E-state index in [1.165, 1.54) is 0 Å². The number of aryl methyl sites for hydroxylation is 1. The summed E-state index contributed by atoms with van der Waals surface area (Å²) in [7, 11) is 1.63. The van der Waals surface area contributed by atoms with E-state index >= 15 is 0 Å². The molecule has 0 spiro atoms. The number of anilines is 1. The van der Waals surface area contributed by atoms with E-state index in [2.05, 4.69) is 5.32 Å². The number of carbonyl (C=O) groups is 1. The first-order chi connectivity index (χ1) is 10.1. The number of carbonyl (C=O) groups excluding carboxylic acids is 1. The highest BCUT2D eigenvalue weighted by atomic mass is 32.1. The Balaban J connectivity index is 1.93. The van der Waals surface area contributed by atoms with E-state index in [0.717, 1.165) is 28.3 Å². The van der Waals surface area contributed by atoms with Crippen molar-refractivity contribution in [3.05, 3.63) is 50.6 Å². The summed E-state index contributed by atoms with van der Waals surface area (Å²) < 4.78 is 6.68. The molecule has 1 heterocycles. The van der Waals surface area contributed by atoms with Gasteiger partial charge in [0.1, 0.15) is 0 Å². The van der Waals surface area contributed by atoms with Crippen LogP contribution in [0.1, 0.15) is 17.7 Å². The Bertz CT molecular complexity index is 676. The molecule has 0 fully saturated rings. The van der Waals surface area contributed by atoms with Gasteiger partial charge in [0.25, 0.3) is 0 Å². The minimum absolute atomic E-state index is 0.0256. The van der Waals surface area contributed by atoms with Crippen molar-refractivity contribution in [1.82, 2.24) is 4.57 Å². The number of ether oxygens (including phenoxy) is 1. The number of amides is 1. The number of nitrogens with one attached hydrogen (secondary N) is 1. The quantitative estimate of drug-likeness (QED) is 0.891. The summed E-state index contributed by atoms with van der Waals surface area (Å²) in [6.45, 7) is 2.77. The topological polar surface area (TPSA) is 60.3 Å². The molecule has 2 aromatic rings. The second kappa shape index (κ2) is 7.19. The second-order valence-electron chi connectivity index (χ2n) is 4.73. The van der Waals surface area contributed by atoms with Gasteiger partial charge in [0, 0.05) is 36.8 Å². The molecule has 112 valence electrons. The first kappa shape index (κ1) is 15.5. The second-order valence-corrected chi connectivity index (χ2v) is 5.55. The van der Waals surface area contributed by atoms with Crippen molar-refractivity contribution in [1.29, 1.82) is 0 Å². The maximum absolute atomic E-state index is 11.9. The van der Waals surface area contributed by atoms with E-state index in [-0.39, 0.29) is 17.2 Å². The Morgan fingerprint density at radius 3 is 2.90 bits per heavy atom. The molecule has 1 aromatic carbocycles. The largest absolute Gasteiger partial charge is 0.380 e. The van der Waals surface area contributed by atoms with E-state index in [1.807, 2.05) is 31.2 Å². The number of rotatable bonds is 6. The fourth-order valence-corrected chi connectivity index (χ4v) is 2.78. The molecule has 6 heteroatoms. The Hall–Kier alpha value is -1.92. The van der Waals surface area contributed by atoms with Gasteiger partial charge in [-0.3, -0.25) is 9.59 Å². The van der Waals surface area contributed by atoms with E-state index in [0.29, 0.717) is 13.2 Å². The smallest absolute Gasteiger partial charge is 0.307 e. The Morgan fingerprint density at radius 2 is 2.24 bits per heavy atom. The first-order valence-corrected chi connectivity index (χ1v) is 7.51. The van der Waals surface area contributed by atoms with Gasteiger partial charge in [-0.2, -0.15) is 0 Å². The van der Waals surface area contributed by atoms with Crippen LogP contribution >= 0.6 is 11.3 Å². The summed E-state index contributed by atoms with van der Waals surface area (Å²) in [5.74, 6) is -0.109. The molecule has 0 atom stereocenters. The summed E-state index contributed by atoms with van der Waals surface area (Å²) in [5, 5.41) is 4.64. The van der Waals surface area contributed by atoms with Gasteiger partial charge in [0.05, 0.1) is 6.61 Å². The summed E-state index contributed by atoms with van der Waals surface area (Å²) in [5.41, 5.74) is 2.63. The summed E-state index contributed by atoms with van der Waals surface area (Å²) >= 11 is 1.16. The van der Waals surface area contributed by atoms with Crippen LogP contribution in [0.3, 0.4) is 0 Å². The van der Waals surface area contributed by atoms with Gasteiger partial charge in [-0.1, -0.05) is 23.5 Å². The number of hydrogen-bond acceptors (Lipinski definition) is 4. The molecule has 1 N–H and O–H groups in total. The predicted molar refractivity (Wildman–Crippen MR) is 83.7 cm³/mol. The predicted octanol–water partition coefficient (Wildman–Crippen LogP) is 2.39. The average molecular weight is 306 g/mol. The molecule has 0 aliphatic rings. The molecule has 2 rings (SSSR count). The normalized spacial score (nSPS) is 10.6. The number of thiazole rings is 1. The fourth-order valence-electron chi connectivity index (χ4n) is 2.02. The minimum Gasteiger partial charge on any atom is -0.380 e. The zero-order valence-corrected chi connectivity index (χ0v) is 12.9. The van der Waals surface area contributed by atoms with Crippen molar-refractivity contribution in [3.8, 4) is 0 Å². The summed E-state index contributed by atoms with van der Waals surface area (Å²) in [4.78, 5) is 23.5. The lowest BCUT2D eigenvalue weighted by molar-refractivity contribution is -0.116. The van der Waals surface area contributed by atoms with Gasteiger partial charge in [-0.25, -0.2) is 0 Å². The van der Waals surface area contributed by atoms with Crippen molar-refractivity contribution in [2.75, 3.05) is 12.4 Å². The van der Waals surface area contributed by atoms with Crippen LogP contribution in [-0.4, -0.2) is 17.6 Å². The lowest BCUT2D eigenvalue weighted by atomic mass is 10.2. The third-order valence-corrected chi connectivity index (χ3v) is 3.94. The molecule has 1 aromatic heterocycles. The van der Waals surface area contributed by atoms with Crippen LogP contribution in [-0.2, 0) is 22.7 Å². The van der Waals surface area contributed by atoms with Crippen molar-refractivity contribution in [2.45, 2.75) is 26.5 Å². The Kier molecular flexibility index (Phi) is 5.30. The molecule has 21 heavy (non-hydrogen) atoms. The van der Waals surface area contributed by atoms with Crippen LogP contribution in [0.5, 0.6) is 0 Å². The highest BCUT2D eigenvalue weighted by molar-refractivity contribution is 7.07. The minimum atomic E-state index is -0.109. The van der Waals surface area contributed by atoms with Gasteiger partial charge in [0.2, 0.25) is 5.91 Å². The van der Waals surface area contributed by atoms with Crippen molar-refractivity contribution in [2.24, 2.45) is 0 Å². The molecule has 1 amide bonds. The van der Waals surface area contributed by atoms with Gasteiger partial charge in [-0.15, -0.1) is 0 Å². The van der Waals surface area contributed by atoms with E-state index in [9.17, 15) is 9.59 Å². The Morgan fingerprint density at radius 1 is 1.43 bits per heavy atom.